The number of methoxy groups -OCH3 is 1. The van der Waals surface area contributed by atoms with Crippen LogP contribution in [-0.2, 0) is 16.0 Å². The van der Waals surface area contributed by atoms with Crippen LogP contribution in [-0.4, -0.2) is 13.6 Å². The molecule has 1 rings (SSSR count). The van der Waals surface area contributed by atoms with E-state index in [0.717, 1.165) is 6.42 Å². The van der Waals surface area contributed by atoms with Crippen LogP contribution in [0.25, 0.3) is 0 Å². The van der Waals surface area contributed by atoms with Gasteiger partial charge in [0, 0.05) is 0 Å². The summed E-state index contributed by atoms with van der Waals surface area (Å²) in [7, 11) is 1.31. The Morgan fingerprint density at radius 3 is 2.08 bits per heavy atom. The van der Waals surface area contributed by atoms with E-state index in [9.17, 15) is 0 Å². The maximum Gasteiger partial charge on any atom is 0.292 e. The standard InChI is InChI=1S/C9H12.C2H4O2/c1-3-9-6-4-8(2)5-7-9;1-4-2-3/h4-7H,3H2,1-2H3;2H,1H3. The van der Waals surface area contributed by atoms with E-state index in [0.29, 0.717) is 6.47 Å². The summed E-state index contributed by atoms with van der Waals surface area (Å²) in [5.41, 5.74) is 2.76. The van der Waals surface area contributed by atoms with Gasteiger partial charge in [0.1, 0.15) is 0 Å². The fourth-order valence-corrected chi connectivity index (χ4v) is 0.824. The van der Waals surface area contributed by atoms with Crippen LogP contribution in [0.4, 0.5) is 0 Å². The van der Waals surface area contributed by atoms with Gasteiger partial charge in [0.05, 0.1) is 7.11 Å². The van der Waals surface area contributed by atoms with E-state index in [1.54, 1.807) is 0 Å². The zero-order chi connectivity index (χ0) is 10.1. The van der Waals surface area contributed by atoms with Crippen LogP contribution in [0.5, 0.6) is 0 Å². The second-order valence-corrected chi connectivity index (χ2v) is 2.67. The van der Waals surface area contributed by atoms with Gasteiger partial charge in [0.15, 0.2) is 0 Å². The van der Waals surface area contributed by atoms with Crippen LogP contribution in [0.3, 0.4) is 0 Å². The van der Waals surface area contributed by atoms with Crippen LogP contribution >= 0.6 is 0 Å². The molecule has 13 heavy (non-hydrogen) atoms. The molecule has 0 atom stereocenters. The second-order valence-electron chi connectivity index (χ2n) is 2.67. The molecule has 0 fully saturated rings. The van der Waals surface area contributed by atoms with Gasteiger partial charge in [0.25, 0.3) is 6.47 Å². The minimum atomic E-state index is 0.375. The fraction of sp³-hybridized carbons (Fsp3) is 0.364. The third-order valence-corrected chi connectivity index (χ3v) is 1.63. The molecule has 0 unspecified atom stereocenters. The van der Waals surface area contributed by atoms with Crippen molar-refractivity contribution in [1.29, 1.82) is 0 Å². The molecule has 2 nitrogen and oxygen atoms in total. The first-order chi connectivity index (χ1) is 6.24. The molecule has 0 spiro atoms. The van der Waals surface area contributed by atoms with Crippen LogP contribution in [0.2, 0.25) is 0 Å². The highest BCUT2D eigenvalue weighted by Crippen LogP contribution is 2.02. The van der Waals surface area contributed by atoms with Gasteiger partial charge in [-0.1, -0.05) is 36.8 Å². The Hall–Kier alpha value is -1.31. The van der Waals surface area contributed by atoms with Crippen LogP contribution < -0.4 is 0 Å². The van der Waals surface area contributed by atoms with E-state index in [2.05, 4.69) is 42.8 Å². The molecular weight excluding hydrogens is 164 g/mol. The van der Waals surface area contributed by atoms with Gasteiger partial charge in [-0.25, -0.2) is 0 Å². The maximum absolute atomic E-state index is 8.95. The van der Waals surface area contributed by atoms with Crippen molar-refractivity contribution < 1.29 is 9.53 Å². The Balaban J connectivity index is 0.000000310. The lowest BCUT2D eigenvalue weighted by atomic mass is 10.1. The Labute approximate surface area is 79.5 Å². The predicted octanol–water partition coefficient (Wildman–Crippen LogP) is 2.35. The molecule has 0 radical (unpaired) electrons. The number of benzene rings is 1. The highest BCUT2D eigenvalue weighted by molar-refractivity contribution is 5.36. The van der Waals surface area contributed by atoms with E-state index in [4.69, 9.17) is 4.79 Å². The molecule has 1 aromatic rings. The lowest BCUT2D eigenvalue weighted by Gasteiger charge is -1.94. The van der Waals surface area contributed by atoms with Gasteiger partial charge < -0.3 is 4.74 Å². The summed E-state index contributed by atoms with van der Waals surface area (Å²) < 4.78 is 3.86. The van der Waals surface area contributed by atoms with E-state index in [1.807, 2.05) is 0 Å². The number of carbonyl (C=O) groups excluding carboxylic acids is 1. The summed E-state index contributed by atoms with van der Waals surface area (Å²) in [5.74, 6) is 0. The van der Waals surface area contributed by atoms with Crippen molar-refractivity contribution in [2.24, 2.45) is 0 Å². The van der Waals surface area contributed by atoms with Gasteiger partial charge in [-0.05, 0) is 18.9 Å². The lowest BCUT2D eigenvalue weighted by Crippen LogP contribution is -1.77. The van der Waals surface area contributed by atoms with Crippen molar-refractivity contribution >= 4 is 6.47 Å². The Morgan fingerprint density at radius 2 is 1.77 bits per heavy atom. The quantitative estimate of drug-likeness (QED) is 0.653. The Kier molecular flexibility index (Phi) is 6.60. The van der Waals surface area contributed by atoms with Crippen molar-refractivity contribution in [2.45, 2.75) is 20.3 Å². The monoisotopic (exact) mass is 180 g/mol. The summed E-state index contributed by atoms with van der Waals surface area (Å²) >= 11 is 0. The summed E-state index contributed by atoms with van der Waals surface area (Å²) in [4.78, 5) is 8.95. The molecule has 0 aliphatic heterocycles. The molecule has 0 saturated carbocycles. The minimum absolute atomic E-state index is 0.375. The van der Waals surface area contributed by atoms with Crippen LogP contribution in [0.1, 0.15) is 18.1 Å². The fourth-order valence-electron chi connectivity index (χ4n) is 0.824. The summed E-state index contributed by atoms with van der Waals surface area (Å²) in [5, 5.41) is 0. The number of hydrogen-bond acceptors (Lipinski definition) is 2. The first-order valence-corrected chi connectivity index (χ1v) is 4.26. The molecule has 72 valence electrons. The van der Waals surface area contributed by atoms with Crippen LogP contribution in [0, 0.1) is 6.92 Å². The zero-order valence-electron chi connectivity index (χ0n) is 8.41. The molecule has 1 aromatic carbocycles. The van der Waals surface area contributed by atoms with E-state index < -0.39 is 0 Å². The van der Waals surface area contributed by atoms with Crippen LogP contribution in [0.15, 0.2) is 24.3 Å². The zero-order valence-corrected chi connectivity index (χ0v) is 8.41. The molecule has 0 saturated heterocycles. The largest absolute Gasteiger partial charge is 0.471 e. The molecule has 0 amide bonds. The molecule has 0 aromatic heterocycles. The van der Waals surface area contributed by atoms with Gasteiger partial charge >= 0.3 is 0 Å². The van der Waals surface area contributed by atoms with Crippen molar-refractivity contribution in [1.82, 2.24) is 0 Å². The molecule has 2 heteroatoms. The normalized spacial score (nSPS) is 8.23. The van der Waals surface area contributed by atoms with Gasteiger partial charge in [0.2, 0.25) is 0 Å². The van der Waals surface area contributed by atoms with E-state index >= 15 is 0 Å². The molecule has 0 bridgehead atoms. The van der Waals surface area contributed by atoms with Gasteiger partial charge in [-0.3, -0.25) is 4.79 Å². The topological polar surface area (TPSA) is 26.3 Å². The van der Waals surface area contributed by atoms with Crippen molar-refractivity contribution in [2.75, 3.05) is 7.11 Å². The second kappa shape index (κ2) is 7.35. The highest BCUT2D eigenvalue weighted by atomic mass is 16.5. The number of carbonyl (C=O) groups is 1. The number of ether oxygens (including phenoxy) is 1. The van der Waals surface area contributed by atoms with Gasteiger partial charge in [-0.15, -0.1) is 0 Å². The predicted molar refractivity (Wildman–Crippen MR) is 53.6 cm³/mol. The average Bonchev–Trinajstić information content (AvgIpc) is 2.19. The number of hydrogen-bond donors (Lipinski definition) is 0. The van der Waals surface area contributed by atoms with Crippen molar-refractivity contribution in [3.8, 4) is 0 Å². The third-order valence-electron chi connectivity index (χ3n) is 1.63. The maximum atomic E-state index is 8.95. The molecular formula is C11H16O2. The summed E-state index contributed by atoms with van der Waals surface area (Å²) in [6, 6.07) is 8.66. The highest BCUT2D eigenvalue weighted by Gasteiger charge is 1.84. The molecule has 0 N–H and O–H groups in total. The van der Waals surface area contributed by atoms with E-state index in [1.165, 1.54) is 18.2 Å². The molecule has 0 aliphatic carbocycles. The first kappa shape index (κ1) is 11.7. The lowest BCUT2D eigenvalue weighted by molar-refractivity contribution is -0.126. The van der Waals surface area contributed by atoms with Crippen molar-refractivity contribution in [3.05, 3.63) is 35.4 Å². The SMILES string of the molecule is CCc1ccc(C)cc1.COC=O. The molecule has 0 heterocycles. The smallest absolute Gasteiger partial charge is 0.292 e. The average molecular weight is 180 g/mol. The summed E-state index contributed by atoms with van der Waals surface area (Å²) in [6.45, 7) is 4.66. The third kappa shape index (κ3) is 5.91. The molecule has 0 aliphatic rings. The summed E-state index contributed by atoms with van der Waals surface area (Å²) in [6.07, 6.45) is 1.14. The Morgan fingerprint density at radius 1 is 1.31 bits per heavy atom. The Bertz CT molecular complexity index is 226. The first-order valence-electron chi connectivity index (χ1n) is 4.26. The minimum Gasteiger partial charge on any atom is -0.471 e. The number of rotatable bonds is 2. The van der Waals surface area contributed by atoms with Crippen molar-refractivity contribution in [3.63, 3.8) is 0 Å². The van der Waals surface area contributed by atoms with E-state index in [-0.39, 0.29) is 0 Å². The van der Waals surface area contributed by atoms with Gasteiger partial charge in [-0.2, -0.15) is 0 Å². The number of aryl methyl sites for hydroxylation is 2.